The number of ether oxygens (including phenoxy) is 1. The van der Waals surface area contributed by atoms with Gasteiger partial charge in [0, 0.05) is 4.47 Å². The third kappa shape index (κ3) is 2.77. The minimum Gasteiger partial charge on any atom is -0.465 e. The number of rotatable bonds is 2. The van der Waals surface area contributed by atoms with Crippen molar-refractivity contribution in [1.29, 1.82) is 4.78 Å². The smallest absolute Gasteiger partial charge is 0.339 e. The monoisotopic (exact) mass is 292 g/mol. The molecule has 1 unspecified atom stereocenters. The summed E-state index contributed by atoms with van der Waals surface area (Å²) in [5, 5.41) is 5.18. The Balaban J connectivity index is 3.47. The summed E-state index contributed by atoms with van der Waals surface area (Å²) < 4.78 is 23.7. The topological polar surface area (TPSA) is 93.2 Å². The summed E-state index contributed by atoms with van der Waals surface area (Å²) >= 11 is 3.14. The molecule has 1 rings (SSSR count). The Bertz CT molecular complexity index is 499. The molecule has 0 saturated heterocycles. The van der Waals surface area contributed by atoms with Crippen LogP contribution in [0.2, 0.25) is 0 Å². The lowest BCUT2D eigenvalue weighted by Gasteiger charge is -2.07. The van der Waals surface area contributed by atoms with Crippen molar-refractivity contribution in [1.82, 2.24) is 0 Å². The van der Waals surface area contributed by atoms with Gasteiger partial charge in [-0.1, -0.05) is 15.9 Å². The zero-order chi connectivity index (χ0) is 11.6. The predicted octanol–water partition coefficient (Wildman–Crippen LogP) is 1.52. The second kappa shape index (κ2) is 4.30. The van der Waals surface area contributed by atoms with E-state index in [1.165, 1.54) is 19.2 Å². The first-order valence-electron chi connectivity index (χ1n) is 3.80. The van der Waals surface area contributed by atoms with Gasteiger partial charge in [0.25, 0.3) is 0 Å². The molecule has 7 heteroatoms. The lowest BCUT2D eigenvalue weighted by molar-refractivity contribution is 0.0596. The molecule has 0 aliphatic carbocycles. The van der Waals surface area contributed by atoms with Crippen molar-refractivity contribution in [2.24, 2.45) is 5.14 Å². The van der Waals surface area contributed by atoms with Crippen molar-refractivity contribution in [3.8, 4) is 0 Å². The van der Waals surface area contributed by atoms with Gasteiger partial charge in [-0.3, -0.25) is 0 Å². The largest absolute Gasteiger partial charge is 0.465 e. The average molecular weight is 293 g/mol. The molecule has 0 spiro atoms. The second-order valence-corrected chi connectivity index (χ2v) is 5.29. The van der Waals surface area contributed by atoms with Crippen molar-refractivity contribution >= 4 is 31.8 Å². The van der Waals surface area contributed by atoms with Gasteiger partial charge < -0.3 is 4.74 Å². The van der Waals surface area contributed by atoms with E-state index in [0.717, 1.165) is 0 Å². The number of methoxy groups -OCH3 is 1. The zero-order valence-electron chi connectivity index (χ0n) is 7.82. The predicted molar refractivity (Wildman–Crippen MR) is 58.8 cm³/mol. The van der Waals surface area contributed by atoms with Crippen LogP contribution in [-0.2, 0) is 14.7 Å². The normalized spacial score (nSPS) is 14.3. The Labute approximate surface area is 95.8 Å². The maximum atomic E-state index is 11.4. The summed E-state index contributed by atoms with van der Waals surface area (Å²) in [5.74, 6) is -0.664. The number of carbonyl (C=O) groups is 1. The van der Waals surface area contributed by atoms with Crippen LogP contribution >= 0.6 is 15.9 Å². The molecule has 0 saturated carbocycles. The van der Waals surface area contributed by atoms with Crippen molar-refractivity contribution in [3.05, 3.63) is 28.2 Å². The molecule has 1 aromatic carbocycles. The van der Waals surface area contributed by atoms with Crippen LogP contribution < -0.4 is 5.14 Å². The van der Waals surface area contributed by atoms with Crippen LogP contribution in [0.3, 0.4) is 0 Å². The highest BCUT2D eigenvalue weighted by molar-refractivity contribution is 9.10. The van der Waals surface area contributed by atoms with Gasteiger partial charge in [-0.05, 0) is 18.2 Å². The van der Waals surface area contributed by atoms with E-state index >= 15 is 0 Å². The molecule has 0 aromatic heterocycles. The van der Waals surface area contributed by atoms with E-state index in [1.54, 1.807) is 6.07 Å². The minimum atomic E-state index is -3.44. The molecule has 0 heterocycles. The average Bonchev–Trinajstić information content (AvgIpc) is 2.15. The molecule has 0 aliphatic rings. The molecule has 0 bridgehead atoms. The number of benzene rings is 1. The van der Waals surface area contributed by atoms with E-state index in [9.17, 15) is 9.00 Å². The lowest BCUT2D eigenvalue weighted by atomic mass is 10.2. The maximum Gasteiger partial charge on any atom is 0.339 e. The molecule has 82 valence electrons. The third-order valence-corrected chi connectivity index (χ3v) is 3.16. The number of nitrogens with two attached hydrogens (primary N) is 1. The molecule has 0 radical (unpaired) electrons. The molecule has 1 aromatic rings. The van der Waals surface area contributed by atoms with Gasteiger partial charge in [0.2, 0.25) is 0 Å². The fourth-order valence-electron chi connectivity index (χ4n) is 1.03. The summed E-state index contributed by atoms with van der Waals surface area (Å²) in [6.45, 7) is 0. The van der Waals surface area contributed by atoms with Crippen molar-refractivity contribution in [3.63, 3.8) is 0 Å². The number of carbonyl (C=O) groups excluding carboxylic acids is 1. The Kier molecular flexibility index (Phi) is 3.48. The zero-order valence-corrected chi connectivity index (χ0v) is 10.2. The number of esters is 1. The van der Waals surface area contributed by atoms with Gasteiger partial charge in [-0.15, -0.1) is 0 Å². The van der Waals surface area contributed by atoms with Crippen LogP contribution in [0.15, 0.2) is 27.6 Å². The van der Waals surface area contributed by atoms with E-state index in [1.807, 2.05) is 0 Å². The van der Waals surface area contributed by atoms with Crippen LogP contribution in [0.4, 0.5) is 0 Å². The van der Waals surface area contributed by atoms with Gasteiger partial charge in [0.05, 0.1) is 17.6 Å². The van der Waals surface area contributed by atoms with Crippen molar-refractivity contribution in [2.75, 3.05) is 7.11 Å². The van der Waals surface area contributed by atoms with E-state index in [4.69, 9.17) is 9.92 Å². The van der Waals surface area contributed by atoms with E-state index in [-0.39, 0.29) is 10.5 Å². The maximum absolute atomic E-state index is 11.4. The molecule has 3 N–H and O–H groups in total. The number of hydrogen-bond donors (Lipinski definition) is 2. The van der Waals surface area contributed by atoms with Crippen LogP contribution in [0, 0.1) is 4.78 Å². The molecule has 15 heavy (non-hydrogen) atoms. The first-order valence-corrected chi connectivity index (χ1v) is 6.22. The summed E-state index contributed by atoms with van der Waals surface area (Å²) in [6, 6.07) is 4.37. The van der Waals surface area contributed by atoms with Gasteiger partial charge in [-0.2, -0.15) is 0 Å². The molecule has 5 nitrogen and oxygen atoms in total. The molecule has 1 atom stereocenters. The Morgan fingerprint density at radius 1 is 1.60 bits per heavy atom. The second-order valence-electron chi connectivity index (χ2n) is 2.73. The van der Waals surface area contributed by atoms with Crippen molar-refractivity contribution in [2.45, 2.75) is 4.90 Å². The SMILES string of the molecule is COC(=O)c1ccc(Br)cc1S(=N)(N)=O. The van der Waals surface area contributed by atoms with E-state index in [2.05, 4.69) is 20.7 Å². The first kappa shape index (κ1) is 12.2. The highest BCUT2D eigenvalue weighted by atomic mass is 79.9. The van der Waals surface area contributed by atoms with Gasteiger partial charge in [-0.25, -0.2) is 18.9 Å². The van der Waals surface area contributed by atoms with Crippen LogP contribution in [-0.4, -0.2) is 17.3 Å². The molecule has 0 fully saturated rings. The summed E-state index contributed by atoms with van der Waals surface area (Å²) in [6.07, 6.45) is 0. The van der Waals surface area contributed by atoms with E-state index < -0.39 is 15.9 Å². The molecule has 0 aliphatic heterocycles. The van der Waals surface area contributed by atoms with E-state index in [0.29, 0.717) is 4.47 Å². The summed E-state index contributed by atoms with van der Waals surface area (Å²) in [7, 11) is -2.24. The number of nitrogens with one attached hydrogen (secondary N) is 1. The molecule has 0 amide bonds. The Morgan fingerprint density at radius 3 is 2.67 bits per heavy atom. The quantitative estimate of drug-likeness (QED) is 0.809. The van der Waals surface area contributed by atoms with Gasteiger partial charge in [0.15, 0.2) is 0 Å². The third-order valence-electron chi connectivity index (χ3n) is 1.68. The number of halogens is 1. The molecular formula is C8H9BrN2O3S. The highest BCUT2D eigenvalue weighted by Crippen LogP contribution is 2.21. The van der Waals surface area contributed by atoms with Gasteiger partial charge >= 0.3 is 5.97 Å². The van der Waals surface area contributed by atoms with Crippen molar-refractivity contribution < 1.29 is 13.7 Å². The fraction of sp³-hybridized carbons (Fsp3) is 0.125. The standard InChI is InChI=1S/C8H9BrN2O3S/c1-14-8(12)6-3-2-5(9)4-7(6)15(10,11)13/h2-4H,1H3,(H3,10,11,13). The van der Waals surface area contributed by atoms with Gasteiger partial charge in [0.1, 0.15) is 9.92 Å². The minimum absolute atomic E-state index is 0.0382. The Hall–Kier alpha value is -0.920. The summed E-state index contributed by atoms with van der Waals surface area (Å²) in [5.41, 5.74) is 0.0446. The lowest BCUT2D eigenvalue weighted by Crippen LogP contribution is -2.16. The fourth-order valence-corrected chi connectivity index (χ4v) is 2.32. The first-order chi connectivity index (χ1) is 6.86. The summed E-state index contributed by atoms with van der Waals surface area (Å²) in [4.78, 5) is 11.3. The highest BCUT2D eigenvalue weighted by Gasteiger charge is 2.17. The van der Waals surface area contributed by atoms with Crippen LogP contribution in [0.5, 0.6) is 0 Å². The van der Waals surface area contributed by atoms with Crippen LogP contribution in [0.25, 0.3) is 0 Å². The van der Waals surface area contributed by atoms with Crippen LogP contribution in [0.1, 0.15) is 10.4 Å². The molecular weight excluding hydrogens is 284 g/mol. The number of hydrogen-bond acceptors (Lipinski definition) is 4. The Morgan fingerprint density at radius 2 is 2.20 bits per heavy atom.